The Morgan fingerprint density at radius 2 is 2.33 bits per heavy atom. The molecule has 0 radical (unpaired) electrons. The van der Waals surface area contributed by atoms with E-state index >= 15 is 0 Å². The largest absolute Gasteiger partial charge is 0.389 e. The summed E-state index contributed by atoms with van der Waals surface area (Å²) in [5.74, 6) is 0.663. The third-order valence-electron chi connectivity index (χ3n) is 2.32. The van der Waals surface area contributed by atoms with Crippen LogP contribution in [0.5, 0.6) is 0 Å². The molecule has 94 valence electrons. The smallest absolute Gasteiger partial charge is 0.213 e. The van der Waals surface area contributed by atoms with Gasteiger partial charge in [0.05, 0.1) is 0 Å². The first-order valence-corrected chi connectivity index (χ1v) is 6.45. The van der Waals surface area contributed by atoms with Crippen molar-refractivity contribution in [3.63, 3.8) is 0 Å². The molecule has 2 rings (SSSR count). The average molecular weight is 327 g/mol. The van der Waals surface area contributed by atoms with Gasteiger partial charge in [-0.3, -0.25) is 0 Å². The Kier molecular flexibility index (Phi) is 4.27. The molecule has 3 N–H and O–H groups in total. The van der Waals surface area contributed by atoms with Crippen molar-refractivity contribution in [3.8, 4) is 0 Å². The number of nitrogens with two attached hydrogens (primary N) is 1. The Morgan fingerprint density at radius 1 is 1.50 bits per heavy atom. The predicted octanol–water partition coefficient (Wildman–Crippen LogP) is 2.12. The van der Waals surface area contributed by atoms with Gasteiger partial charge in [0.25, 0.3) is 0 Å². The molecule has 0 spiro atoms. The summed E-state index contributed by atoms with van der Waals surface area (Å²) >= 11 is 8.41. The molecule has 5 nitrogen and oxygen atoms in total. The second-order valence-corrected chi connectivity index (χ2v) is 4.93. The van der Waals surface area contributed by atoms with E-state index < -0.39 is 0 Å². The first-order valence-electron chi connectivity index (χ1n) is 5.25. The molecule has 0 bridgehead atoms. The highest BCUT2D eigenvalue weighted by molar-refractivity contribution is 9.10. The van der Waals surface area contributed by atoms with Gasteiger partial charge in [0.15, 0.2) is 5.82 Å². The molecule has 0 aliphatic heterocycles. The molecule has 1 aromatic carbocycles. The van der Waals surface area contributed by atoms with E-state index in [1.54, 1.807) is 0 Å². The van der Waals surface area contributed by atoms with Crippen molar-refractivity contribution in [1.29, 1.82) is 0 Å². The third kappa shape index (κ3) is 3.27. The maximum atomic E-state index is 5.68. The summed E-state index contributed by atoms with van der Waals surface area (Å²) in [6, 6.07) is 5.74. The molecule has 7 heteroatoms. The van der Waals surface area contributed by atoms with Crippen LogP contribution in [0.2, 0.25) is 0 Å². The summed E-state index contributed by atoms with van der Waals surface area (Å²) in [7, 11) is 0. The molecule has 0 unspecified atom stereocenters. The Balaban J connectivity index is 2.02. The quantitative estimate of drug-likeness (QED) is 0.819. The number of halogens is 1. The first-order chi connectivity index (χ1) is 8.66. The van der Waals surface area contributed by atoms with E-state index in [1.165, 1.54) is 6.39 Å². The van der Waals surface area contributed by atoms with Crippen LogP contribution in [0.4, 0.5) is 5.69 Å². The van der Waals surface area contributed by atoms with Crippen LogP contribution in [0.15, 0.2) is 33.6 Å². The van der Waals surface area contributed by atoms with Gasteiger partial charge in [-0.05, 0) is 18.2 Å². The zero-order valence-electron chi connectivity index (χ0n) is 9.39. The fourth-order valence-corrected chi connectivity index (χ4v) is 2.02. The molecule has 0 amide bonds. The highest BCUT2D eigenvalue weighted by Gasteiger charge is 2.06. The van der Waals surface area contributed by atoms with Crippen molar-refractivity contribution in [2.24, 2.45) is 5.73 Å². The lowest BCUT2D eigenvalue weighted by Crippen LogP contribution is -2.14. The summed E-state index contributed by atoms with van der Waals surface area (Å²) in [5.41, 5.74) is 7.39. The predicted molar refractivity (Wildman–Crippen MR) is 76.5 cm³/mol. The van der Waals surface area contributed by atoms with Gasteiger partial charge in [-0.1, -0.05) is 33.3 Å². The van der Waals surface area contributed by atoms with Crippen molar-refractivity contribution in [3.05, 3.63) is 40.5 Å². The second kappa shape index (κ2) is 5.92. The second-order valence-electron chi connectivity index (χ2n) is 3.58. The van der Waals surface area contributed by atoms with Crippen LogP contribution in [0.3, 0.4) is 0 Å². The zero-order valence-corrected chi connectivity index (χ0v) is 11.8. The highest BCUT2D eigenvalue weighted by Crippen LogP contribution is 2.21. The van der Waals surface area contributed by atoms with Gasteiger partial charge in [0.2, 0.25) is 6.39 Å². The summed E-state index contributed by atoms with van der Waals surface area (Å²) in [6.45, 7) is 0.677. The topological polar surface area (TPSA) is 77.0 Å². The zero-order chi connectivity index (χ0) is 13.0. The number of nitrogens with one attached hydrogen (secondary N) is 1. The summed E-state index contributed by atoms with van der Waals surface area (Å²) < 4.78 is 5.60. The number of rotatable bonds is 5. The standard InChI is InChI=1S/C11H11BrN4OS/c12-7-1-2-9(8(5-7)11(13)18)14-4-3-10-15-6-17-16-10/h1-2,5-6,14H,3-4H2,(H2,13,18). The van der Waals surface area contributed by atoms with Crippen LogP contribution in [0.25, 0.3) is 0 Å². The van der Waals surface area contributed by atoms with E-state index in [9.17, 15) is 0 Å². The van der Waals surface area contributed by atoms with Gasteiger partial charge in [0, 0.05) is 28.7 Å². The molecule has 0 aliphatic carbocycles. The Bertz CT molecular complexity index is 544. The van der Waals surface area contributed by atoms with Crippen LogP contribution in [0.1, 0.15) is 11.4 Å². The normalized spacial score (nSPS) is 10.3. The van der Waals surface area contributed by atoms with Crippen molar-refractivity contribution < 1.29 is 4.52 Å². The minimum atomic E-state index is 0.360. The number of benzene rings is 1. The minimum absolute atomic E-state index is 0.360. The van der Waals surface area contributed by atoms with Crippen molar-refractivity contribution in [1.82, 2.24) is 10.1 Å². The Labute approximate surface area is 118 Å². The van der Waals surface area contributed by atoms with Crippen LogP contribution >= 0.6 is 28.1 Å². The van der Waals surface area contributed by atoms with Crippen LogP contribution in [-0.4, -0.2) is 21.7 Å². The van der Waals surface area contributed by atoms with Gasteiger partial charge >= 0.3 is 0 Å². The molecule has 0 fully saturated rings. The number of hydrogen-bond acceptors (Lipinski definition) is 5. The fraction of sp³-hybridized carbons (Fsp3) is 0.182. The van der Waals surface area contributed by atoms with Crippen molar-refractivity contribution >= 4 is 38.8 Å². The van der Waals surface area contributed by atoms with E-state index in [1.807, 2.05) is 18.2 Å². The molecule has 0 saturated carbocycles. The first kappa shape index (κ1) is 13.0. The average Bonchev–Trinajstić information content (AvgIpc) is 2.84. The molecule has 0 saturated heterocycles. The molecule has 1 aromatic heterocycles. The van der Waals surface area contributed by atoms with Crippen molar-refractivity contribution in [2.75, 3.05) is 11.9 Å². The minimum Gasteiger partial charge on any atom is -0.389 e. The molecule has 0 atom stereocenters. The van der Waals surface area contributed by atoms with Crippen LogP contribution in [-0.2, 0) is 6.42 Å². The van der Waals surface area contributed by atoms with E-state index in [-0.39, 0.29) is 0 Å². The van der Waals surface area contributed by atoms with Gasteiger partial charge in [-0.15, -0.1) is 0 Å². The van der Waals surface area contributed by atoms with Crippen molar-refractivity contribution in [2.45, 2.75) is 6.42 Å². The lowest BCUT2D eigenvalue weighted by Gasteiger charge is -2.10. The van der Waals surface area contributed by atoms with E-state index in [2.05, 4.69) is 35.9 Å². The Hall–Kier alpha value is -1.47. The summed E-state index contributed by atoms with van der Waals surface area (Å²) in [4.78, 5) is 4.30. The summed E-state index contributed by atoms with van der Waals surface area (Å²) in [5, 5.41) is 6.99. The van der Waals surface area contributed by atoms with Gasteiger partial charge < -0.3 is 15.6 Å². The SMILES string of the molecule is NC(=S)c1cc(Br)ccc1NCCc1ncon1. The highest BCUT2D eigenvalue weighted by atomic mass is 79.9. The molecule has 18 heavy (non-hydrogen) atoms. The lowest BCUT2D eigenvalue weighted by atomic mass is 10.1. The van der Waals surface area contributed by atoms with E-state index in [0.717, 1.165) is 15.7 Å². The molecular weight excluding hydrogens is 316 g/mol. The monoisotopic (exact) mass is 326 g/mol. The maximum absolute atomic E-state index is 5.68. The Morgan fingerprint density at radius 3 is 3.00 bits per heavy atom. The number of nitrogens with zero attached hydrogens (tertiary/aromatic N) is 2. The maximum Gasteiger partial charge on any atom is 0.213 e. The molecular formula is C11H11BrN4OS. The number of thiocarbonyl (C=S) groups is 1. The fourth-order valence-electron chi connectivity index (χ4n) is 1.49. The van der Waals surface area contributed by atoms with E-state index in [4.69, 9.17) is 18.0 Å². The van der Waals surface area contributed by atoms with Gasteiger partial charge in [-0.25, -0.2) is 0 Å². The van der Waals surface area contributed by atoms with E-state index in [0.29, 0.717) is 23.8 Å². The molecule has 2 aromatic rings. The number of aromatic nitrogens is 2. The lowest BCUT2D eigenvalue weighted by molar-refractivity contribution is 0.410. The van der Waals surface area contributed by atoms with Gasteiger partial charge in [-0.2, -0.15) is 4.98 Å². The van der Waals surface area contributed by atoms with Crippen LogP contribution < -0.4 is 11.1 Å². The molecule has 0 aliphatic rings. The van der Waals surface area contributed by atoms with Crippen LogP contribution in [0, 0.1) is 0 Å². The number of hydrogen-bond donors (Lipinski definition) is 2. The third-order valence-corrected chi connectivity index (χ3v) is 3.03. The molecule has 1 heterocycles. The van der Waals surface area contributed by atoms with Gasteiger partial charge in [0.1, 0.15) is 4.99 Å². The summed E-state index contributed by atoms with van der Waals surface area (Å²) in [6.07, 6.45) is 1.98. The number of anilines is 1.